The fraction of sp³-hybridized carbons (Fsp3) is 0.111. The van der Waals surface area contributed by atoms with Gasteiger partial charge in [-0.1, -0.05) is 37.4 Å². The van der Waals surface area contributed by atoms with Crippen LogP contribution in [0, 0.1) is 0 Å². The van der Waals surface area contributed by atoms with Crippen molar-refractivity contribution in [2.24, 2.45) is 0 Å². The Kier molecular flexibility index (Phi) is 4.41. The van der Waals surface area contributed by atoms with E-state index >= 15 is 0 Å². The summed E-state index contributed by atoms with van der Waals surface area (Å²) < 4.78 is 5.33. The van der Waals surface area contributed by atoms with Gasteiger partial charge in [0.2, 0.25) is 0 Å². The topological polar surface area (TPSA) is 55.4 Å². The third-order valence-corrected chi connectivity index (χ3v) is 3.07. The Morgan fingerprint density at radius 3 is 2.18 bits per heavy atom. The molecule has 2 rings (SSSR count). The van der Waals surface area contributed by atoms with Crippen LogP contribution in [-0.2, 0) is 9.59 Å². The van der Waals surface area contributed by atoms with Gasteiger partial charge in [-0.3, -0.25) is 4.79 Å². The normalized spacial score (nSPS) is 10.1. The van der Waals surface area contributed by atoms with Gasteiger partial charge in [0.25, 0.3) is 5.91 Å². The van der Waals surface area contributed by atoms with Crippen molar-refractivity contribution in [3.63, 3.8) is 0 Å². The first-order chi connectivity index (χ1) is 10.4. The molecule has 1 amide bonds. The van der Waals surface area contributed by atoms with Crippen LogP contribution in [0.5, 0.6) is 5.75 Å². The Morgan fingerprint density at radius 2 is 1.59 bits per heavy atom. The van der Waals surface area contributed by atoms with E-state index < -0.39 is 5.97 Å². The molecule has 2 aromatic carbocycles. The van der Waals surface area contributed by atoms with Crippen LogP contribution < -0.4 is 10.1 Å². The zero-order valence-corrected chi connectivity index (χ0v) is 12.6. The second-order valence-electron chi connectivity index (χ2n) is 5.06. The van der Waals surface area contributed by atoms with Crippen molar-refractivity contribution in [2.75, 3.05) is 5.32 Å². The molecule has 0 atom stereocenters. The van der Waals surface area contributed by atoms with Crippen LogP contribution in [0.2, 0.25) is 0 Å². The summed E-state index contributed by atoms with van der Waals surface area (Å²) in [6.45, 7) is 10.4. The van der Waals surface area contributed by atoms with Crippen LogP contribution >= 0.6 is 0 Å². The maximum atomic E-state index is 11.8. The average Bonchev–Trinajstić information content (AvgIpc) is 2.49. The number of anilines is 1. The van der Waals surface area contributed by atoms with E-state index in [0.717, 1.165) is 10.8 Å². The second-order valence-corrected chi connectivity index (χ2v) is 5.06. The average molecular weight is 295 g/mol. The van der Waals surface area contributed by atoms with E-state index in [4.69, 9.17) is 4.74 Å². The predicted octanol–water partition coefficient (Wildman–Crippen LogP) is 3.84. The number of benzene rings is 2. The summed E-state index contributed by atoms with van der Waals surface area (Å²) in [5.74, 6) is -0.308. The van der Waals surface area contributed by atoms with Crippen molar-refractivity contribution in [2.45, 2.75) is 13.8 Å². The molecule has 4 nitrogen and oxygen atoms in total. The third kappa shape index (κ3) is 3.23. The van der Waals surface area contributed by atoms with Crippen LogP contribution in [-0.4, -0.2) is 11.9 Å². The van der Waals surface area contributed by atoms with Crippen molar-refractivity contribution in [3.8, 4) is 5.75 Å². The molecule has 22 heavy (non-hydrogen) atoms. The third-order valence-electron chi connectivity index (χ3n) is 3.07. The highest BCUT2D eigenvalue weighted by atomic mass is 16.5. The Morgan fingerprint density at radius 1 is 0.955 bits per heavy atom. The van der Waals surface area contributed by atoms with E-state index in [9.17, 15) is 9.59 Å². The van der Waals surface area contributed by atoms with E-state index in [-0.39, 0.29) is 5.91 Å². The largest absolute Gasteiger partial charge is 0.423 e. The SMILES string of the molecule is C=C(C)C(=O)Nc1ccc(OC(=O)C(=C)C)c2ccccc12. The molecule has 0 heterocycles. The number of hydrogen-bond donors (Lipinski definition) is 1. The number of carbonyl (C=O) groups excluding carboxylic acids is 2. The molecular formula is C18H17NO3. The number of rotatable bonds is 4. The Hall–Kier alpha value is -2.88. The van der Waals surface area contributed by atoms with Crippen molar-refractivity contribution in [1.29, 1.82) is 0 Å². The molecule has 0 spiro atoms. The quantitative estimate of drug-likeness (QED) is 0.530. The van der Waals surface area contributed by atoms with Crippen molar-refractivity contribution in [1.82, 2.24) is 0 Å². The lowest BCUT2D eigenvalue weighted by Gasteiger charge is -2.12. The molecule has 0 aliphatic carbocycles. The molecular weight excluding hydrogens is 278 g/mol. The zero-order chi connectivity index (χ0) is 16.3. The number of nitrogens with one attached hydrogen (secondary N) is 1. The van der Waals surface area contributed by atoms with Gasteiger partial charge in [0.1, 0.15) is 5.75 Å². The molecule has 4 heteroatoms. The Balaban J connectivity index is 2.47. The minimum absolute atomic E-state index is 0.253. The van der Waals surface area contributed by atoms with Crippen LogP contribution in [0.3, 0.4) is 0 Å². The Labute approximate surface area is 129 Å². The highest BCUT2D eigenvalue weighted by molar-refractivity contribution is 6.09. The summed E-state index contributed by atoms with van der Waals surface area (Å²) in [6, 6.07) is 10.7. The molecule has 0 aromatic heterocycles. The molecule has 1 N–H and O–H groups in total. The van der Waals surface area contributed by atoms with Crippen LogP contribution in [0.25, 0.3) is 10.8 Å². The fourth-order valence-corrected chi connectivity index (χ4v) is 1.89. The maximum absolute atomic E-state index is 11.8. The zero-order valence-electron chi connectivity index (χ0n) is 12.6. The lowest BCUT2D eigenvalue weighted by molar-refractivity contribution is -0.130. The van der Waals surface area contributed by atoms with Gasteiger partial charge >= 0.3 is 5.97 Å². The first-order valence-electron chi connectivity index (χ1n) is 6.76. The van der Waals surface area contributed by atoms with Gasteiger partial charge in [-0.05, 0) is 26.0 Å². The van der Waals surface area contributed by atoms with Crippen LogP contribution in [0.4, 0.5) is 5.69 Å². The number of fused-ring (bicyclic) bond motifs is 1. The number of carbonyl (C=O) groups is 2. The van der Waals surface area contributed by atoms with Crippen LogP contribution in [0.1, 0.15) is 13.8 Å². The molecule has 0 radical (unpaired) electrons. The molecule has 2 aromatic rings. The Bertz CT molecular complexity index is 724. The summed E-state index contributed by atoms with van der Waals surface area (Å²) in [4.78, 5) is 23.5. The van der Waals surface area contributed by atoms with Gasteiger partial charge in [0, 0.05) is 27.6 Å². The molecule has 0 saturated heterocycles. The fourth-order valence-electron chi connectivity index (χ4n) is 1.89. The van der Waals surface area contributed by atoms with Gasteiger partial charge in [0.05, 0.1) is 0 Å². The van der Waals surface area contributed by atoms with E-state index in [2.05, 4.69) is 18.5 Å². The van der Waals surface area contributed by atoms with Crippen LogP contribution in [0.15, 0.2) is 60.7 Å². The lowest BCUT2D eigenvalue weighted by atomic mass is 10.1. The van der Waals surface area contributed by atoms with E-state index in [1.165, 1.54) is 0 Å². The van der Waals surface area contributed by atoms with Gasteiger partial charge in [0.15, 0.2) is 0 Å². The lowest BCUT2D eigenvalue weighted by Crippen LogP contribution is -2.12. The molecule has 0 aliphatic heterocycles. The van der Waals surface area contributed by atoms with E-state index in [1.54, 1.807) is 26.0 Å². The first kappa shape index (κ1) is 15.5. The van der Waals surface area contributed by atoms with Crippen molar-refractivity contribution >= 4 is 28.3 Å². The monoisotopic (exact) mass is 295 g/mol. The minimum atomic E-state index is -0.483. The molecule has 0 bridgehead atoms. The van der Waals surface area contributed by atoms with Gasteiger partial charge < -0.3 is 10.1 Å². The summed E-state index contributed by atoms with van der Waals surface area (Å²) in [7, 11) is 0. The summed E-state index contributed by atoms with van der Waals surface area (Å²) >= 11 is 0. The number of amides is 1. The molecule has 112 valence electrons. The van der Waals surface area contributed by atoms with Gasteiger partial charge in [-0.25, -0.2) is 4.79 Å². The van der Waals surface area contributed by atoms with E-state index in [1.807, 2.05) is 24.3 Å². The number of ether oxygens (including phenoxy) is 1. The van der Waals surface area contributed by atoms with Crippen molar-refractivity contribution < 1.29 is 14.3 Å². The number of esters is 1. The van der Waals surface area contributed by atoms with Gasteiger partial charge in [-0.15, -0.1) is 0 Å². The second kappa shape index (κ2) is 6.26. The van der Waals surface area contributed by atoms with Crippen molar-refractivity contribution in [3.05, 3.63) is 60.7 Å². The molecule has 0 fully saturated rings. The first-order valence-corrected chi connectivity index (χ1v) is 6.76. The maximum Gasteiger partial charge on any atom is 0.338 e. The smallest absolute Gasteiger partial charge is 0.338 e. The summed E-state index contributed by atoms with van der Waals surface area (Å²) in [6.07, 6.45) is 0. The standard InChI is InChI=1S/C18H17NO3/c1-11(2)17(20)19-15-9-10-16(22-18(21)12(3)4)14-8-6-5-7-13(14)15/h5-10H,1,3H2,2,4H3,(H,19,20). The van der Waals surface area contributed by atoms with E-state index in [0.29, 0.717) is 22.6 Å². The molecule has 0 unspecified atom stereocenters. The summed E-state index contributed by atoms with van der Waals surface area (Å²) in [5.41, 5.74) is 1.38. The predicted molar refractivity (Wildman–Crippen MR) is 87.8 cm³/mol. The highest BCUT2D eigenvalue weighted by Crippen LogP contribution is 2.32. The highest BCUT2D eigenvalue weighted by Gasteiger charge is 2.12. The molecule has 0 aliphatic rings. The minimum Gasteiger partial charge on any atom is -0.423 e. The summed E-state index contributed by atoms with van der Waals surface area (Å²) in [5, 5.41) is 4.31. The van der Waals surface area contributed by atoms with Gasteiger partial charge in [-0.2, -0.15) is 0 Å². The molecule has 0 saturated carbocycles. The number of hydrogen-bond acceptors (Lipinski definition) is 3.